The summed E-state index contributed by atoms with van der Waals surface area (Å²) in [5.41, 5.74) is 2.08. The molecular weight excluding hydrogens is 346 g/mol. The van der Waals surface area contributed by atoms with Gasteiger partial charge in [0.15, 0.2) is 0 Å². The Labute approximate surface area is 145 Å². The third kappa shape index (κ3) is 3.70. The third-order valence-electron chi connectivity index (χ3n) is 3.86. The Morgan fingerprint density at radius 1 is 1.33 bits per heavy atom. The SMILES string of the molecule is Cc1ccc(N2CCCS2(=O)=O)cc1NC(=O)NCc1cccs1. The fraction of sp³-hybridized carbons (Fsp3) is 0.312. The first kappa shape index (κ1) is 16.8. The van der Waals surface area contributed by atoms with Gasteiger partial charge in [0.1, 0.15) is 0 Å². The number of hydrogen-bond donors (Lipinski definition) is 2. The van der Waals surface area contributed by atoms with Crippen molar-refractivity contribution in [2.24, 2.45) is 0 Å². The summed E-state index contributed by atoms with van der Waals surface area (Å²) in [6.45, 7) is 2.81. The van der Waals surface area contributed by atoms with E-state index in [1.54, 1.807) is 23.5 Å². The molecule has 6 nitrogen and oxygen atoms in total. The van der Waals surface area contributed by atoms with Crippen molar-refractivity contribution in [2.75, 3.05) is 21.9 Å². The van der Waals surface area contributed by atoms with Crippen molar-refractivity contribution < 1.29 is 13.2 Å². The number of nitrogens with zero attached hydrogens (tertiary/aromatic N) is 1. The molecule has 0 unspecified atom stereocenters. The van der Waals surface area contributed by atoms with Crippen LogP contribution < -0.4 is 14.9 Å². The summed E-state index contributed by atoms with van der Waals surface area (Å²) in [6.07, 6.45) is 0.625. The van der Waals surface area contributed by atoms with Crippen LogP contribution in [-0.4, -0.2) is 26.7 Å². The van der Waals surface area contributed by atoms with Crippen LogP contribution in [0.15, 0.2) is 35.7 Å². The Morgan fingerprint density at radius 3 is 2.83 bits per heavy atom. The molecule has 8 heteroatoms. The third-order valence-corrected chi connectivity index (χ3v) is 6.61. The Morgan fingerprint density at radius 2 is 2.17 bits per heavy atom. The van der Waals surface area contributed by atoms with E-state index in [0.717, 1.165) is 10.4 Å². The molecule has 2 N–H and O–H groups in total. The van der Waals surface area contributed by atoms with Crippen LogP contribution in [0.25, 0.3) is 0 Å². The summed E-state index contributed by atoms with van der Waals surface area (Å²) in [5, 5.41) is 7.55. The molecule has 0 radical (unpaired) electrons. The average molecular weight is 365 g/mol. The maximum Gasteiger partial charge on any atom is 0.319 e. The number of carbonyl (C=O) groups excluding carboxylic acids is 1. The summed E-state index contributed by atoms with van der Waals surface area (Å²) in [4.78, 5) is 13.1. The Kier molecular flexibility index (Phi) is 4.77. The first-order chi connectivity index (χ1) is 11.5. The minimum absolute atomic E-state index is 0.172. The molecule has 0 bridgehead atoms. The number of carbonyl (C=O) groups is 1. The van der Waals surface area contributed by atoms with Crippen LogP contribution in [0.3, 0.4) is 0 Å². The van der Waals surface area contributed by atoms with Gasteiger partial charge >= 0.3 is 6.03 Å². The number of rotatable bonds is 4. The number of sulfonamides is 1. The second-order valence-electron chi connectivity index (χ2n) is 5.63. The summed E-state index contributed by atoms with van der Waals surface area (Å²) >= 11 is 1.58. The minimum atomic E-state index is -3.23. The van der Waals surface area contributed by atoms with E-state index >= 15 is 0 Å². The zero-order chi connectivity index (χ0) is 17.2. The fourth-order valence-corrected chi connectivity index (χ4v) is 4.78. The molecule has 1 aromatic carbocycles. The lowest BCUT2D eigenvalue weighted by atomic mass is 10.2. The van der Waals surface area contributed by atoms with E-state index in [1.165, 1.54) is 4.31 Å². The van der Waals surface area contributed by atoms with E-state index in [9.17, 15) is 13.2 Å². The van der Waals surface area contributed by atoms with Crippen molar-refractivity contribution in [2.45, 2.75) is 19.9 Å². The van der Waals surface area contributed by atoms with Gasteiger partial charge in [-0.1, -0.05) is 12.1 Å². The Bertz CT molecular complexity index is 832. The maximum absolute atomic E-state index is 12.1. The number of thiophene rings is 1. The summed E-state index contributed by atoms with van der Waals surface area (Å²) in [7, 11) is -3.23. The number of anilines is 2. The van der Waals surface area contributed by atoms with Crippen LogP contribution in [0.1, 0.15) is 16.9 Å². The van der Waals surface area contributed by atoms with Crippen molar-refractivity contribution in [1.82, 2.24) is 5.32 Å². The van der Waals surface area contributed by atoms with Crippen LogP contribution in [0.2, 0.25) is 0 Å². The normalized spacial score (nSPS) is 16.1. The summed E-state index contributed by atoms with van der Waals surface area (Å²) in [5.74, 6) is 0.172. The Balaban J connectivity index is 1.71. The molecule has 2 heterocycles. The van der Waals surface area contributed by atoms with E-state index in [0.29, 0.717) is 30.9 Å². The van der Waals surface area contributed by atoms with Gasteiger partial charge in [-0.25, -0.2) is 13.2 Å². The number of urea groups is 1. The predicted molar refractivity (Wildman–Crippen MR) is 97.1 cm³/mol. The minimum Gasteiger partial charge on any atom is -0.333 e. The molecule has 0 saturated carbocycles. The average Bonchev–Trinajstić information content (AvgIpc) is 3.16. The molecule has 0 spiro atoms. The largest absolute Gasteiger partial charge is 0.333 e. The quantitative estimate of drug-likeness (QED) is 0.874. The van der Waals surface area contributed by atoms with Gasteiger partial charge in [-0.3, -0.25) is 4.31 Å². The number of aryl methyl sites for hydroxylation is 1. The standard InChI is InChI=1S/C16H19N3O3S2/c1-12-5-6-13(19-7-3-9-24(19,21)22)10-15(12)18-16(20)17-11-14-4-2-8-23-14/h2,4-6,8,10H,3,7,9,11H2,1H3,(H2,17,18,20). The molecule has 1 aliphatic rings. The second kappa shape index (κ2) is 6.82. The fourth-order valence-electron chi connectivity index (χ4n) is 2.58. The molecule has 2 amide bonds. The molecule has 3 rings (SSSR count). The lowest BCUT2D eigenvalue weighted by molar-refractivity contribution is 0.252. The summed E-state index contributed by atoms with van der Waals surface area (Å²) < 4.78 is 25.5. The summed E-state index contributed by atoms with van der Waals surface area (Å²) in [6, 6.07) is 8.88. The van der Waals surface area contributed by atoms with Gasteiger partial charge < -0.3 is 10.6 Å². The van der Waals surface area contributed by atoms with Crippen molar-refractivity contribution >= 4 is 38.8 Å². The number of amides is 2. The van der Waals surface area contributed by atoms with Gasteiger partial charge in [0, 0.05) is 17.1 Å². The van der Waals surface area contributed by atoms with Crippen molar-refractivity contribution in [3.63, 3.8) is 0 Å². The van der Waals surface area contributed by atoms with E-state index in [1.807, 2.05) is 30.5 Å². The molecule has 1 aromatic heterocycles. The highest BCUT2D eigenvalue weighted by Crippen LogP contribution is 2.28. The molecule has 24 heavy (non-hydrogen) atoms. The smallest absolute Gasteiger partial charge is 0.319 e. The zero-order valence-corrected chi connectivity index (χ0v) is 14.9. The van der Waals surface area contributed by atoms with Crippen LogP contribution in [0.5, 0.6) is 0 Å². The highest BCUT2D eigenvalue weighted by molar-refractivity contribution is 7.93. The van der Waals surface area contributed by atoms with Crippen molar-refractivity contribution in [1.29, 1.82) is 0 Å². The zero-order valence-electron chi connectivity index (χ0n) is 13.3. The van der Waals surface area contributed by atoms with Gasteiger partial charge in [0.2, 0.25) is 10.0 Å². The molecular formula is C16H19N3O3S2. The topological polar surface area (TPSA) is 78.5 Å². The van der Waals surface area contributed by atoms with Gasteiger partial charge in [-0.2, -0.15) is 0 Å². The van der Waals surface area contributed by atoms with Gasteiger partial charge in [0.25, 0.3) is 0 Å². The predicted octanol–water partition coefficient (Wildman–Crippen LogP) is 2.92. The number of nitrogens with one attached hydrogen (secondary N) is 2. The number of benzene rings is 1. The Hall–Kier alpha value is -2.06. The van der Waals surface area contributed by atoms with Gasteiger partial charge in [-0.05, 0) is 42.5 Å². The van der Waals surface area contributed by atoms with Crippen molar-refractivity contribution in [3.8, 4) is 0 Å². The van der Waals surface area contributed by atoms with E-state index in [2.05, 4.69) is 10.6 Å². The van der Waals surface area contributed by atoms with Gasteiger partial charge in [0.05, 0.1) is 18.0 Å². The lowest BCUT2D eigenvalue weighted by Crippen LogP contribution is -2.29. The van der Waals surface area contributed by atoms with Crippen LogP contribution in [0.4, 0.5) is 16.2 Å². The first-order valence-electron chi connectivity index (χ1n) is 7.64. The second-order valence-corrected chi connectivity index (χ2v) is 8.67. The van der Waals surface area contributed by atoms with Crippen molar-refractivity contribution in [3.05, 3.63) is 46.2 Å². The molecule has 2 aromatic rings. The van der Waals surface area contributed by atoms with Crippen LogP contribution in [-0.2, 0) is 16.6 Å². The molecule has 0 aliphatic carbocycles. The first-order valence-corrected chi connectivity index (χ1v) is 10.1. The highest BCUT2D eigenvalue weighted by Gasteiger charge is 2.28. The van der Waals surface area contributed by atoms with Gasteiger partial charge in [-0.15, -0.1) is 11.3 Å². The van der Waals surface area contributed by atoms with E-state index < -0.39 is 10.0 Å². The van der Waals surface area contributed by atoms with E-state index in [4.69, 9.17) is 0 Å². The van der Waals surface area contributed by atoms with Crippen LogP contribution >= 0.6 is 11.3 Å². The molecule has 1 saturated heterocycles. The molecule has 128 valence electrons. The molecule has 1 aliphatic heterocycles. The molecule has 0 atom stereocenters. The number of hydrogen-bond acceptors (Lipinski definition) is 4. The van der Waals surface area contributed by atoms with E-state index in [-0.39, 0.29) is 11.8 Å². The monoisotopic (exact) mass is 365 g/mol. The maximum atomic E-state index is 12.1. The van der Waals surface area contributed by atoms with Crippen LogP contribution in [0, 0.1) is 6.92 Å². The highest BCUT2D eigenvalue weighted by atomic mass is 32.2. The lowest BCUT2D eigenvalue weighted by Gasteiger charge is -2.19. The molecule has 1 fully saturated rings.